The Labute approximate surface area is 211 Å². The van der Waals surface area contributed by atoms with Gasteiger partial charge in [0.1, 0.15) is 34.0 Å². The molecule has 11 heteroatoms. The molecule has 0 saturated carbocycles. The molecule has 0 fully saturated rings. The molecule has 0 aliphatic carbocycles. The Balaban J connectivity index is -0.000000117. The molecule has 0 amide bonds. The Bertz CT molecular complexity index is 520. The van der Waals surface area contributed by atoms with E-state index < -0.39 is 45.9 Å². The zero-order chi connectivity index (χ0) is 27.0. The largest absolute Gasteiger partial charge is 2.00 e. The number of rotatable bonds is 8. The van der Waals surface area contributed by atoms with Crippen LogP contribution in [0.4, 0.5) is 0 Å². The normalized spacial score (nSPS) is 10.1. The summed E-state index contributed by atoms with van der Waals surface area (Å²) in [7, 11) is 0. The zero-order valence-corrected chi connectivity index (χ0v) is 22.8. The van der Waals surface area contributed by atoms with Crippen LogP contribution < -0.4 is 10.2 Å². The summed E-state index contributed by atoms with van der Waals surface area (Å²) < 4.78 is 0. The van der Waals surface area contributed by atoms with Gasteiger partial charge in [0.15, 0.2) is 0 Å². The summed E-state index contributed by atoms with van der Waals surface area (Å²) in [6.07, 6.45) is -0.444. The average Bonchev–Trinajstić information content (AvgIpc) is 2.54. The van der Waals surface area contributed by atoms with E-state index in [2.05, 4.69) is 0 Å². The number of ketones is 4. The molecule has 0 aromatic rings. The fourth-order valence-electron chi connectivity index (χ4n) is 2.36. The molecule has 0 radical (unpaired) electrons. The van der Waals surface area contributed by atoms with Gasteiger partial charge in [0, 0.05) is 12.2 Å². The molecule has 0 aromatic carbocycles. The number of aliphatic hydroxyl groups excluding tert-OH is 2. The minimum absolute atomic E-state index is 0. The standard InChI is InChI=1S/2C8H12O4.2C3H8O.Ti/c2*1-4-8(5(2)9,6(3)10)7(11)12;2*1-3(2)4;/h2*4H2,1-3H3,(H,11,12);2*3-4H,1-2H3;/q;;;;+2/p-2. The summed E-state index contributed by atoms with van der Waals surface area (Å²) in [5.74, 6) is -5.89. The van der Waals surface area contributed by atoms with E-state index in [1.807, 2.05) is 0 Å². The van der Waals surface area contributed by atoms with Crippen molar-refractivity contribution in [1.29, 1.82) is 0 Å². The van der Waals surface area contributed by atoms with Crippen LogP contribution in [0, 0.1) is 10.8 Å². The Morgan fingerprint density at radius 2 is 0.727 bits per heavy atom. The van der Waals surface area contributed by atoms with Crippen LogP contribution in [-0.4, -0.2) is 57.5 Å². The van der Waals surface area contributed by atoms with Gasteiger partial charge in [0.25, 0.3) is 0 Å². The van der Waals surface area contributed by atoms with E-state index in [0.717, 1.165) is 27.7 Å². The molecule has 0 atom stereocenters. The van der Waals surface area contributed by atoms with Gasteiger partial charge >= 0.3 is 21.7 Å². The summed E-state index contributed by atoms with van der Waals surface area (Å²) in [5.41, 5.74) is -3.86. The monoisotopic (exact) mass is 510 g/mol. The van der Waals surface area contributed by atoms with Crippen molar-refractivity contribution in [3.8, 4) is 0 Å². The SMILES string of the molecule is CC(C)O.CC(C)O.CCC(C(C)=O)(C(C)=O)C(=O)[O-].CCC(C(C)=O)(C(C)=O)C(=O)[O-].[Ti+2]. The van der Waals surface area contributed by atoms with Gasteiger partial charge < -0.3 is 30.0 Å². The first kappa shape index (κ1) is 41.5. The van der Waals surface area contributed by atoms with E-state index in [9.17, 15) is 39.0 Å². The Morgan fingerprint density at radius 1 is 0.606 bits per heavy atom. The quantitative estimate of drug-likeness (QED) is 0.315. The maximum atomic E-state index is 10.9. The number of hydrogen-bond acceptors (Lipinski definition) is 10. The van der Waals surface area contributed by atoms with Crippen LogP contribution in [0.3, 0.4) is 0 Å². The molecule has 190 valence electrons. The number of carbonyl (C=O) groups excluding carboxylic acids is 6. The maximum absolute atomic E-state index is 10.9. The van der Waals surface area contributed by atoms with Gasteiger partial charge in [-0.2, -0.15) is 0 Å². The molecule has 0 heterocycles. The first-order valence-corrected chi connectivity index (χ1v) is 10.1. The van der Waals surface area contributed by atoms with Crippen LogP contribution in [0.2, 0.25) is 0 Å². The molecule has 0 aliphatic heterocycles. The third kappa shape index (κ3) is 14.9. The molecule has 0 spiro atoms. The molecular formula is C22H38O10Ti. The van der Waals surface area contributed by atoms with Crippen LogP contribution in [0.5, 0.6) is 0 Å². The Kier molecular flexibility index (Phi) is 24.8. The van der Waals surface area contributed by atoms with Gasteiger partial charge in [-0.3, -0.25) is 19.2 Å². The van der Waals surface area contributed by atoms with Gasteiger partial charge in [-0.05, 0) is 68.2 Å². The van der Waals surface area contributed by atoms with E-state index in [1.54, 1.807) is 27.7 Å². The average molecular weight is 510 g/mol. The van der Waals surface area contributed by atoms with Crippen molar-refractivity contribution >= 4 is 35.1 Å². The van der Waals surface area contributed by atoms with Crippen LogP contribution in [0.1, 0.15) is 82.1 Å². The molecular weight excluding hydrogens is 472 g/mol. The molecule has 0 unspecified atom stereocenters. The predicted octanol–water partition coefficient (Wildman–Crippen LogP) is -0.607. The second kappa shape index (κ2) is 19.7. The number of aliphatic hydroxyl groups is 2. The Morgan fingerprint density at radius 3 is 0.727 bits per heavy atom. The van der Waals surface area contributed by atoms with Crippen molar-refractivity contribution in [1.82, 2.24) is 0 Å². The van der Waals surface area contributed by atoms with Crippen molar-refractivity contribution in [3.63, 3.8) is 0 Å². The van der Waals surface area contributed by atoms with Crippen molar-refractivity contribution in [3.05, 3.63) is 0 Å². The number of aliphatic carboxylic acids is 2. The minimum Gasteiger partial charge on any atom is -0.549 e. The van der Waals surface area contributed by atoms with Crippen LogP contribution >= 0.6 is 0 Å². The molecule has 0 bridgehead atoms. The fraction of sp³-hybridized carbons (Fsp3) is 0.727. The van der Waals surface area contributed by atoms with Gasteiger partial charge in [-0.25, -0.2) is 0 Å². The summed E-state index contributed by atoms with van der Waals surface area (Å²) in [6, 6.07) is 0. The van der Waals surface area contributed by atoms with Gasteiger partial charge in [0.2, 0.25) is 0 Å². The second-order valence-electron chi connectivity index (χ2n) is 7.50. The molecule has 33 heavy (non-hydrogen) atoms. The van der Waals surface area contributed by atoms with E-state index in [0.29, 0.717) is 0 Å². The van der Waals surface area contributed by atoms with E-state index in [-0.39, 0.29) is 46.8 Å². The van der Waals surface area contributed by atoms with Gasteiger partial charge in [0.05, 0.1) is 11.9 Å². The van der Waals surface area contributed by atoms with E-state index in [1.165, 1.54) is 13.8 Å². The number of hydrogen-bond donors (Lipinski definition) is 2. The summed E-state index contributed by atoms with van der Waals surface area (Å²) in [5, 5.41) is 37.3. The molecule has 0 saturated heterocycles. The first-order valence-electron chi connectivity index (χ1n) is 10.1. The topological polar surface area (TPSA) is 189 Å². The molecule has 10 nitrogen and oxygen atoms in total. The smallest absolute Gasteiger partial charge is 0.549 e. The first-order chi connectivity index (χ1) is 14.2. The third-order valence-corrected chi connectivity index (χ3v) is 4.16. The summed E-state index contributed by atoms with van der Waals surface area (Å²) >= 11 is 0. The Hall–Kier alpha value is -1.75. The zero-order valence-electron chi connectivity index (χ0n) is 21.2. The van der Waals surface area contributed by atoms with Crippen molar-refractivity contribution in [2.24, 2.45) is 10.8 Å². The number of carbonyl (C=O) groups is 6. The fourth-order valence-corrected chi connectivity index (χ4v) is 2.36. The van der Waals surface area contributed by atoms with Gasteiger partial charge in [-0.1, -0.05) is 13.8 Å². The maximum Gasteiger partial charge on any atom is 2.00 e. The number of Topliss-reactive ketones (excluding diaryl/α,β-unsaturated/α-hetero) is 4. The van der Waals surface area contributed by atoms with Gasteiger partial charge in [-0.15, -0.1) is 0 Å². The molecule has 2 N–H and O–H groups in total. The van der Waals surface area contributed by atoms with Crippen LogP contribution in [0.15, 0.2) is 0 Å². The number of carboxylic acid groups (broad SMARTS) is 2. The van der Waals surface area contributed by atoms with Crippen LogP contribution in [-0.2, 0) is 50.5 Å². The van der Waals surface area contributed by atoms with Crippen molar-refractivity contribution in [2.45, 2.75) is 94.3 Å². The molecule has 0 aromatic heterocycles. The predicted molar refractivity (Wildman–Crippen MR) is 113 cm³/mol. The van der Waals surface area contributed by atoms with E-state index >= 15 is 0 Å². The number of carboxylic acids is 2. The molecule has 0 rings (SSSR count). The summed E-state index contributed by atoms with van der Waals surface area (Å²) in [4.78, 5) is 64.9. The van der Waals surface area contributed by atoms with Crippen molar-refractivity contribution in [2.75, 3.05) is 0 Å². The summed E-state index contributed by atoms with van der Waals surface area (Å²) in [6.45, 7) is 14.2. The van der Waals surface area contributed by atoms with Crippen LogP contribution in [0.25, 0.3) is 0 Å². The molecule has 0 aliphatic rings. The minimum atomic E-state index is -1.93. The van der Waals surface area contributed by atoms with E-state index in [4.69, 9.17) is 10.2 Å². The van der Waals surface area contributed by atoms with Crippen molar-refractivity contribution < 1.29 is 70.9 Å². The third-order valence-electron chi connectivity index (χ3n) is 4.16. The second-order valence-corrected chi connectivity index (χ2v) is 7.50.